The standard InChI is InChI=1S/C28H32N2O4S.C26H35N3O4S.C25H24ClN3O5S.C18H19N3O4S.C7H14O2/c31-24-12-10-21-17-25(13-11-20(21)16-24)35(33,34)30-27(28(32)14-19-6-2-1-3-7-19)18-23-15-22-8-4-5-9-26(22)29-23;1-3-5-9-19(4-2)18-27-26(31)24(16-20-10-7-6-8-11-20)29-34(32,33)22-13-14-23-21(17-22)12-15-25(30)28-23;1-34-23-11-8-18(15-20(23)26)27-25(31)22(13-16-5-3-2-4-6-16)29-35(32,33)19-9-10-21-17(14-19)7-12-24(30)28-21;19-18(23)16(10-12-4-2-1-3-5-12)21-26(24,25)14-7-8-15-13(11-14)6-9-17(22)20-15;1-3-7(4-2)8-5-6-9-7/h4-5,8-9,11,13,15,17,19,27,29-30H,1-3,6-7,10,12,14,16,18H2;6-8,10-11,13-14,17,19,24,29H,3-5,9,12,15-16,18H2,1-2H3,(H,27,31)(H,28,30);2-6,8-11,14-15,22,29H,7,12-13H2,1H3,(H,27,31)(H,28,30);1-5,7-8,11,16,21H,6,9-10H2,(H2,19,23)(H,20,22);3-6H2,1-2H3. The zero-order chi connectivity index (χ0) is 99.4. The fourth-order valence-corrected chi connectivity index (χ4v) is 22.7. The lowest BCUT2D eigenvalue weighted by atomic mass is 9.84. The van der Waals surface area contributed by atoms with Gasteiger partial charge in [0.05, 0.1) is 51.0 Å². The molecule has 5 heterocycles. The van der Waals surface area contributed by atoms with Crippen LogP contribution in [0.15, 0.2) is 232 Å². The minimum Gasteiger partial charge on any atom is -0.495 e. The van der Waals surface area contributed by atoms with Crippen LogP contribution in [-0.4, -0.2) is 142 Å². The van der Waals surface area contributed by atoms with Crippen molar-refractivity contribution in [3.8, 4) is 5.75 Å². The van der Waals surface area contributed by atoms with Gasteiger partial charge in [0.15, 0.2) is 11.6 Å². The van der Waals surface area contributed by atoms with Crippen LogP contribution in [0.3, 0.4) is 0 Å². The first-order chi connectivity index (χ1) is 66.6. The maximum absolute atomic E-state index is 13.4. The van der Waals surface area contributed by atoms with E-state index in [2.05, 4.69) is 78.2 Å². The molecule has 1 saturated carbocycles. The number of anilines is 4. The molecule has 6 aliphatic rings. The summed E-state index contributed by atoms with van der Waals surface area (Å²) >= 11 is 6.16. The number of methoxy groups -OCH3 is 1. The molecule has 5 unspecified atom stereocenters. The Bertz CT molecular complexity index is 6440. The Kier molecular flexibility index (Phi) is 38.2. The first-order valence-electron chi connectivity index (χ1n) is 47.3. The Labute approximate surface area is 819 Å². The monoisotopic (exact) mass is 1990 g/mol. The summed E-state index contributed by atoms with van der Waals surface area (Å²) in [6.07, 6.45) is 16.5. The Morgan fingerprint density at radius 3 is 1.38 bits per heavy atom. The number of unbranched alkanes of at least 4 members (excludes halogenated alkanes) is 1. The molecule has 12 N–H and O–H groups in total. The fraction of sp³-hybridized carbons (Fsp3) is 0.385. The summed E-state index contributed by atoms with van der Waals surface area (Å²) in [5.41, 5.74) is 15.9. The summed E-state index contributed by atoms with van der Waals surface area (Å²) in [5, 5.41) is 15.2. The number of aromatic nitrogens is 1. The number of fused-ring (bicyclic) bond motifs is 5. The van der Waals surface area contributed by atoms with Crippen LogP contribution in [0.5, 0.6) is 5.75 Å². The molecular formula is C104H124ClN11O19S4. The van der Waals surface area contributed by atoms with Gasteiger partial charge in [-0.2, -0.15) is 14.2 Å². The lowest BCUT2D eigenvalue weighted by molar-refractivity contribution is -0.160. The number of sulfonamides is 4. The van der Waals surface area contributed by atoms with Crippen molar-refractivity contribution >= 4 is 132 Å². The first-order valence-corrected chi connectivity index (χ1v) is 53.6. The fourth-order valence-electron chi connectivity index (χ4n) is 17.4. The van der Waals surface area contributed by atoms with Crippen molar-refractivity contribution in [3.05, 3.63) is 268 Å². The molecule has 9 aromatic carbocycles. The summed E-state index contributed by atoms with van der Waals surface area (Å²) < 4.78 is 131. The zero-order valence-electron chi connectivity index (χ0n) is 78.8. The van der Waals surface area contributed by atoms with Gasteiger partial charge in [0, 0.05) is 85.5 Å². The highest BCUT2D eigenvalue weighted by Gasteiger charge is 2.36. The number of nitrogens with two attached hydrogens (primary N) is 1. The Morgan fingerprint density at radius 2 is 0.928 bits per heavy atom. The molecule has 740 valence electrons. The third-order valence-electron chi connectivity index (χ3n) is 25.4. The number of aromatic amines is 1. The van der Waals surface area contributed by atoms with E-state index in [1.165, 1.54) is 49.9 Å². The molecule has 2 fully saturated rings. The van der Waals surface area contributed by atoms with Crippen LogP contribution in [-0.2, 0) is 146 Å². The molecule has 16 rings (SSSR count). The van der Waals surface area contributed by atoms with Crippen molar-refractivity contribution in [2.24, 2.45) is 17.6 Å². The van der Waals surface area contributed by atoms with Crippen LogP contribution in [0.1, 0.15) is 181 Å². The van der Waals surface area contributed by atoms with Gasteiger partial charge in [-0.1, -0.05) is 206 Å². The van der Waals surface area contributed by atoms with E-state index >= 15 is 0 Å². The number of primary amides is 1. The largest absolute Gasteiger partial charge is 0.495 e. The molecule has 35 heteroatoms. The SMILES string of the molecule is CCC1(CC)OCCO1.CCCCC(CC)CNC(=O)C(Cc1ccccc1)NS(=O)(=O)c1ccc2c(c1)CCC(=O)N2.COc1ccc(NC(=O)C(Cc2ccccc2)NS(=O)(=O)c2ccc3c(c2)CCC(=O)N3)cc1Cl.NC(=O)C(Cc1ccccc1)NS(=O)(=O)c1ccc2c(c1)CCC(=O)N2.O=C1CCc2cc(S(=O)(=O)NC(Cc3cc4ccccc4[nH]3)C(=O)CC3CCCCC3)ccc2C1. The van der Waals surface area contributed by atoms with E-state index in [9.17, 15) is 72.0 Å². The van der Waals surface area contributed by atoms with Crippen LogP contribution in [0.2, 0.25) is 5.02 Å². The average molecular weight is 2000 g/mol. The maximum Gasteiger partial charge on any atom is 0.242 e. The van der Waals surface area contributed by atoms with Crippen molar-refractivity contribution in [2.45, 2.75) is 238 Å². The Hall–Kier alpha value is -11.7. The number of rotatable bonds is 36. The molecule has 0 spiro atoms. The smallest absolute Gasteiger partial charge is 0.242 e. The van der Waals surface area contributed by atoms with Crippen molar-refractivity contribution in [1.29, 1.82) is 0 Å². The second-order valence-electron chi connectivity index (χ2n) is 35.5. The molecule has 4 aliphatic heterocycles. The van der Waals surface area contributed by atoms with Gasteiger partial charge in [-0.05, 0) is 223 Å². The number of carbonyl (C=O) groups excluding carboxylic acids is 8. The van der Waals surface area contributed by atoms with Gasteiger partial charge < -0.3 is 51.5 Å². The van der Waals surface area contributed by atoms with Crippen LogP contribution >= 0.6 is 11.6 Å². The highest BCUT2D eigenvalue weighted by molar-refractivity contribution is 7.90. The van der Waals surface area contributed by atoms with Gasteiger partial charge in [-0.15, -0.1) is 0 Å². The molecule has 5 atom stereocenters. The molecule has 0 radical (unpaired) electrons. The van der Waals surface area contributed by atoms with Crippen molar-refractivity contribution in [1.82, 2.24) is 29.2 Å². The normalized spacial score (nSPS) is 16.1. The number of carbonyl (C=O) groups is 8. The van der Waals surface area contributed by atoms with E-state index in [4.69, 9.17) is 31.5 Å². The predicted molar refractivity (Wildman–Crippen MR) is 536 cm³/mol. The van der Waals surface area contributed by atoms with Crippen LogP contribution < -0.4 is 55.9 Å². The van der Waals surface area contributed by atoms with Gasteiger partial charge in [0.2, 0.25) is 75.5 Å². The molecule has 2 aliphatic carbocycles. The van der Waals surface area contributed by atoms with Crippen molar-refractivity contribution in [2.75, 3.05) is 48.1 Å². The number of benzene rings is 9. The molecule has 1 aromatic heterocycles. The highest BCUT2D eigenvalue weighted by atomic mass is 35.5. The van der Waals surface area contributed by atoms with Gasteiger partial charge in [-0.3, -0.25) is 38.4 Å². The topological polar surface area (TPSA) is 451 Å². The zero-order valence-corrected chi connectivity index (χ0v) is 82.8. The van der Waals surface area contributed by atoms with E-state index in [1.54, 1.807) is 78.9 Å². The summed E-state index contributed by atoms with van der Waals surface area (Å²) in [7, 11) is -14.4. The van der Waals surface area contributed by atoms with Gasteiger partial charge in [0.25, 0.3) is 0 Å². The maximum atomic E-state index is 13.4. The summed E-state index contributed by atoms with van der Waals surface area (Å²) in [5.74, 6) is -0.840. The van der Waals surface area contributed by atoms with Crippen LogP contribution in [0, 0.1) is 11.8 Å². The van der Waals surface area contributed by atoms with E-state index in [0.717, 1.165) is 139 Å². The van der Waals surface area contributed by atoms with Crippen molar-refractivity contribution in [3.63, 3.8) is 0 Å². The number of ether oxygens (including phenoxy) is 3. The number of ketones is 2. The number of amides is 6. The molecule has 139 heavy (non-hydrogen) atoms. The lowest BCUT2D eigenvalue weighted by Gasteiger charge is -2.24. The molecule has 0 bridgehead atoms. The number of aryl methyl sites for hydroxylation is 4. The second-order valence-corrected chi connectivity index (χ2v) is 42.8. The number of halogens is 1. The van der Waals surface area contributed by atoms with Gasteiger partial charge in [-0.25, -0.2) is 38.4 Å². The number of hydrogen-bond donors (Lipinski definition) is 11. The quantitative estimate of drug-likeness (QED) is 0.0174. The third kappa shape index (κ3) is 30.7. The lowest BCUT2D eigenvalue weighted by Crippen LogP contribution is -2.48. The van der Waals surface area contributed by atoms with Crippen molar-refractivity contribution < 1.29 is 86.2 Å². The Balaban J connectivity index is 0.000000162. The van der Waals surface area contributed by atoms with Gasteiger partial charge in [0.1, 0.15) is 29.7 Å². The van der Waals surface area contributed by atoms with E-state index in [-0.39, 0.29) is 92.7 Å². The second kappa shape index (κ2) is 49.9. The van der Waals surface area contributed by atoms with E-state index < -0.39 is 76.1 Å². The average Bonchev–Trinajstić information content (AvgIpc) is 1.08. The number of hydrogen-bond acceptors (Lipinski definition) is 19. The number of Topliss-reactive ketones (excluding diaryl/α,β-unsaturated/α-hetero) is 2. The van der Waals surface area contributed by atoms with Crippen LogP contribution in [0.25, 0.3) is 10.9 Å². The summed E-state index contributed by atoms with van der Waals surface area (Å²) in [4.78, 5) is 101. The molecule has 30 nitrogen and oxygen atoms in total. The summed E-state index contributed by atoms with van der Waals surface area (Å²) in [6.45, 7) is 10.5. The minimum absolute atomic E-state index is 0.0192. The molecule has 1 saturated heterocycles. The summed E-state index contributed by atoms with van der Waals surface area (Å²) in [6, 6.07) is 56.8. The number of H-pyrrole nitrogens is 1. The van der Waals surface area contributed by atoms with E-state index in [0.29, 0.717) is 110 Å². The Morgan fingerprint density at radius 1 is 0.482 bits per heavy atom. The van der Waals surface area contributed by atoms with Gasteiger partial charge >= 0.3 is 0 Å². The number of para-hydroxylation sites is 1. The third-order valence-corrected chi connectivity index (χ3v) is 31.6. The first kappa shape index (κ1) is 106. The molecular weight excluding hydrogens is 1870 g/mol. The predicted octanol–water partition coefficient (Wildman–Crippen LogP) is 14.7. The molecule has 6 amide bonds. The number of nitrogens with one attached hydrogen (secondary N) is 10. The van der Waals surface area contributed by atoms with Crippen LogP contribution in [0.4, 0.5) is 22.7 Å². The van der Waals surface area contributed by atoms with E-state index in [1.807, 2.05) is 97.1 Å². The highest BCUT2D eigenvalue weighted by Crippen LogP contribution is 2.35. The minimum atomic E-state index is -4.05. The molecule has 10 aromatic rings.